The maximum atomic E-state index is 12.3. The first-order valence-electron chi connectivity index (χ1n) is 6.82. The molecule has 1 aromatic carbocycles. The number of para-hydroxylation sites is 1. The van der Waals surface area contributed by atoms with Gasteiger partial charge in [0.15, 0.2) is 0 Å². The maximum Gasteiger partial charge on any atom is 0.273 e. The predicted molar refractivity (Wildman–Crippen MR) is 79.6 cm³/mol. The molecular weight excluding hydrogens is 288 g/mol. The van der Waals surface area contributed by atoms with Crippen LogP contribution in [0.3, 0.4) is 0 Å². The lowest BCUT2D eigenvalue weighted by Gasteiger charge is -2.25. The largest absolute Gasteiger partial charge is 0.486 e. The van der Waals surface area contributed by atoms with E-state index >= 15 is 0 Å². The Morgan fingerprint density at radius 2 is 2.05 bits per heavy atom. The zero-order valence-corrected chi connectivity index (χ0v) is 12.3. The maximum absolute atomic E-state index is 12.3. The molecule has 110 valence electrons. The molecule has 2 aromatic rings. The third-order valence-corrected chi connectivity index (χ3v) is 4.00. The first-order chi connectivity index (χ1) is 10.3. The fourth-order valence-corrected chi connectivity index (χ4v) is 2.74. The van der Waals surface area contributed by atoms with Gasteiger partial charge in [0.25, 0.3) is 5.91 Å². The van der Waals surface area contributed by atoms with Crippen LogP contribution in [0.5, 0.6) is 5.75 Å². The van der Waals surface area contributed by atoms with Gasteiger partial charge in [-0.25, -0.2) is 4.98 Å². The highest BCUT2D eigenvalue weighted by molar-refractivity contribution is 7.09. The Kier molecular flexibility index (Phi) is 4.47. The van der Waals surface area contributed by atoms with E-state index < -0.39 is 0 Å². The minimum Gasteiger partial charge on any atom is -0.486 e. The molecule has 0 atom stereocenters. The predicted octanol–water partition coefficient (Wildman–Crippen LogP) is 2.19. The van der Waals surface area contributed by atoms with Crippen LogP contribution in [0, 0.1) is 0 Å². The Hall–Kier alpha value is -1.92. The summed E-state index contributed by atoms with van der Waals surface area (Å²) < 4.78 is 10.9. The van der Waals surface area contributed by atoms with E-state index in [9.17, 15) is 4.79 Å². The van der Waals surface area contributed by atoms with Gasteiger partial charge in [-0.1, -0.05) is 18.2 Å². The van der Waals surface area contributed by atoms with Crippen molar-refractivity contribution in [2.45, 2.75) is 6.61 Å². The van der Waals surface area contributed by atoms with Crippen molar-refractivity contribution < 1.29 is 14.3 Å². The molecule has 3 rings (SSSR count). The van der Waals surface area contributed by atoms with E-state index in [1.165, 1.54) is 11.3 Å². The van der Waals surface area contributed by atoms with Crippen LogP contribution in [0.15, 0.2) is 35.7 Å². The molecule has 0 bridgehead atoms. The Balaban J connectivity index is 1.59. The molecule has 0 radical (unpaired) electrons. The number of benzene rings is 1. The van der Waals surface area contributed by atoms with Gasteiger partial charge in [0.05, 0.1) is 13.2 Å². The van der Waals surface area contributed by atoms with Crippen LogP contribution in [0.2, 0.25) is 0 Å². The van der Waals surface area contributed by atoms with Crippen molar-refractivity contribution in [3.63, 3.8) is 0 Å². The molecule has 0 spiro atoms. The van der Waals surface area contributed by atoms with Crippen LogP contribution in [-0.2, 0) is 11.3 Å². The van der Waals surface area contributed by atoms with Crippen LogP contribution in [-0.4, -0.2) is 42.1 Å². The van der Waals surface area contributed by atoms with Gasteiger partial charge >= 0.3 is 0 Å². The molecule has 1 amide bonds. The van der Waals surface area contributed by atoms with Gasteiger partial charge in [-0.15, -0.1) is 11.3 Å². The molecule has 21 heavy (non-hydrogen) atoms. The zero-order chi connectivity index (χ0) is 14.5. The van der Waals surface area contributed by atoms with E-state index in [1.54, 1.807) is 10.3 Å². The lowest BCUT2D eigenvalue weighted by Crippen LogP contribution is -2.40. The normalized spacial score (nSPS) is 15.0. The standard InChI is InChI=1S/C15H16N2O3S/c18-15(17-6-8-19-9-7-17)13-11-21-14(16-13)10-20-12-4-2-1-3-5-12/h1-5,11H,6-10H2. The van der Waals surface area contributed by atoms with Crippen LogP contribution in [0.4, 0.5) is 0 Å². The SMILES string of the molecule is O=C(c1csc(COc2ccccc2)n1)N1CCOCC1. The van der Waals surface area contributed by atoms with Crippen molar-refractivity contribution in [2.75, 3.05) is 26.3 Å². The van der Waals surface area contributed by atoms with Crippen LogP contribution >= 0.6 is 11.3 Å². The quantitative estimate of drug-likeness (QED) is 0.869. The van der Waals surface area contributed by atoms with E-state index in [4.69, 9.17) is 9.47 Å². The number of thiazole rings is 1. The Morgan fingerprint density at radius 3 is 2.81 bits per heavy atom. The molecule has 6 heteroatoms. The van der Waals surface area contributed by atoms with Crippen molar-refractivity contribution in [3.05, 3.63) is 46.4 Å². The molecule has 1 aliphatic heterocycles. The third-order valence-electron chi connectivity index (χ3n) is 3.17. The number of carbonyl (C=O) groups is 1. The zero-order valence-electron chi connectivity index (χ0n) is 11.5. The Labute approximate surface area is 127 Å². The smallest absolute Gasteiger partial charge is 0.273 e. The second kappa shape index (κ2) is 6.69. The number of ether oxygens (including phenoxy) is 2. The summed E-state index contributed by atoms with van der Waals surface area (Å²) in [6.45, 7) is 2.84. The molecule has 2 heterocycles. The van der Waals surface area contributed by atoms with E-state index in [0.717, 1.165) is 10.8 Å². The van der Waals surface area contributed by atoms with Gasteiger partial charge in [-0.05, 0) is 12.1 Å². The number of amides is 1. The highest BCUT2D eigenvalue weighted by atomic mass is 32.1. The van der Waals surface area contributed by atoms with Gasteiger partial charge in [-0.2, -0.15) is 0 Å². The molecule has 0 N–H and O–H groups in total. The third kappa shape index (κ3) is 3.59. The highest BCUT2D eigenvalue weighted by Crippen LogP contribution is 2.16. The second-order valence-corrected chi connectivity index (χ2v) is 5.58. The first-order valence-corrected chi connectivity index (χ1v) is 7.70. The van der Waals surface area contributed by atoms with Crippen LogP contribution in [0.25, 0.3) is 0 Å². The number of carbonyl (C=O) groups excluding carboxylic acids is 1. The molecule has 0 saturated carbocycles. The topological polar surface area (TPSA) is 51.7 Å². The monoisotopic (exact) mass is 304 g/mol. The minimum atomic E-state index is -0.0273. The van der Waals surface area contributed by atoms with Crippen molar-refractivity contribution in [2.24, 2.45) is 0 Å². The fourth-order valence-electron chi connectivity index (χ4n) is 2.07. The summed E-state index contributed by atoms with van der Waals surface area (Å²) in [7, 11) is 0. The first kappa shape index (κ1) is 14.0. The number of hydrogen-bond donors (Lipinski definition) is 0. The summed E-state index contributed by atoms with van der Waals surface area (Å²) in [5.74, 6) is 0.772. The number of nitrogens with zero attached hydrogens (tertiary/aromatic N) is 2. The van der Waals surface area contributed by atoms with Crippen molar-refractivity contribution in [1.82, 2.24) is 9.88 Å². The van der Waals surface area contributed by atoms with Gasteiger partial charge in [0, 0.05) is 18.5 Å². The number of aromatic nitrogens is 1. The van der Waals surface area contributed by atoms with E-state index in [2.05, 4.69) is 4.98 Å². The summed E-state index contributed by atoms with van der Waals surface area (Å²) in [6.07, 6.45) is 0. The average Bonchev–Trinajstić information content (AvgIpc) is 3.03. The molecule has 0 aliphatic carbocycles. The Morgan fingerprint density at radius 1 is 1.29 bits per heavy atom. The van der Waals surface area contributed by atoms with Gasteiger partial charge < -0.3 is 14.4 Å². The van der Waals surface area contributed by atoms with Crippen LogP contribution < -0.4 is 4.74 Å². The molecule has 1 fully saturated rings. The lowest BCUT2D eigenvalue weighted by molar-refractivity contribution is 0.0299. The fraction of sp³-hybridized carbons (Fsp3) is 0.333. The summed E-state index contributed by atoms with van der Waals surface area (Å²) in [4.78, 5) is 18.4. The summed E-state index contributed by atoms with van der Waals surface area (Å²) in [5.41, 5.74) is 0.494. The summed E-state index contributed by atoms with van der Waals surface area (Å²) in [6, 6.07) is 9.57. The molecule has 5 nitrogen and oxygen atoms in total. The molecule has 1 aromatic heterocycles. The lowest BCUT2D eigenvalue weighted by atomic mass is 10.3. The van der Waals surface area contributed by atoms with Gasteiger partial charge in [-0.3, -0.25) is 4.79 Å². The highest BCUT2D eigenvalue weighted by Gasteiger charge is 2.20. The van der Waals surface area contributed by atoms with Gasteiger partial charge in [0.2, 0.25) is 0 Å². The second-order valence-electron chi connectivity index (χ2n) is 4.63. The van der Waals surface area contributed by atoms with E-state index in [1.807, 2.05) is 30.3 Å². The summed E-state index contributed by atoms with van der Waals surface area (Å²) >= 11 is 1.45. The van der Waals surface area contributed by atoms with E-state index in [-0.39, 0.29) is 5.91 Å². The minimum absolute atomic E-state index is 0.0273. The number of hydrogen-bond acceptors (Lipinski definition) is 5. The van der Waals surface area contributed by atoms with Gasteiger partial charge in [0.1, 0.15) is 23.1 Å². The van der Waals surface area contributed by atoms with E-state index in [0.29, 0.717) is 38.6 Å². The average molecular weight is 304 g/mol. The van der Waals surface area contributed by atoms with Crippen molar-refractivity contribution in [3.8, 4) is 5.75 Å². The number of rotatable bonds is 4. The molecular formula is C15H16N2O3S. The molecule has 1 aliphatic rings. The molecule has 0 unspecified atom stereocenters. The van der Waals surface area contributed by atoms with Crippen LogP contribution in [0.1, 0.15) is 15.5 Å². The van der Waals surface area contributed by atoms with Crippen molar-refractivity contribution in [1.29, 1.82) is 0 Å². The van der Waals surface area contributed by atoms with Crippen molar-refractivity contribution >= 4 is 17.2 Å². The summed E-state index contributed by atoms with van der Waals surface area (Å²) in [5, 5.41) is 2.59. The number of morpholine rings is 1. The molecule has 1 saturated heterocycles. The Bertz CT molecular complexity index is 594.